The van der Waals surface area contributed by atoms with E-state index in [-0.39, 0.29) is 23.4 Å². The molecule has 1 aliphatic rings. The monoisotopic (exact) mass is 522 g/mol. The number of carbonyl (C=O) groups excluding carboxylic acids is 1. The fourth-order valence-corrected chi connectivity index (χ4v) is 4.05. The predicted octanol–water partition coefficient (Wildman–Crippen LogP) is 5.56. The van der Waals surface area contributed by atoms with Crippen LogP contribution in [0.5, 0.6) is 5.75 Å². The first-order valence-corrected chi connectivity index (χ1v) is 10.2. The lowest BCUT2D eigenvalue weighted by atomic mass is 10.1. The molecule has 0 bridgehead atoms. The van der Waals surface area contributed by atoms with Gasteiger partial charge in [-0.05, 0) is 82.5 Å². The maximum Gasteiger partial charge on any atom is 0.363 e. The molecule has 0 fully saturated rings. The Balaban J connectivity index is 1.95. The molecule has 0 aromatic heterocycles. The molecular weight excluding hydrogens is 508 g/mol. The molecule has 0 radical (unpaired) electrons. The number of esters is 1. The van der Waals surface area contributed by atoms with Gasteiger partial charge in [-0.15, -0.1) is 0 Å². The summed E-state index contributed by atoms with van der Waals surface area (Å²) in [5, 5.41) is 11.1. The van der Waals surface area contributed by atoms with E-state index in [4.69, 9.17) is 9.47 Å². The van der Waals surface area contributed by atoms with Crippen LogP contribution in [0.1, 0.15) is 30.5 Å². The predicted molar refractivity (Wildman–Crippen MR) is 116 cm³/mol. The molecule has 1 aliphatic heterocycles. The normalized spacial score (nSPS) is 14.9. The molecule has 2 aromatic carbocycles. The van der Waals surface area contributed by atoms with Crippen LogP contribution in [0.4, 0.5) is 5.69 Å². The average Bonchev–Trinajstić information content (AvgIpc) is 2.98. The number of nitro groups is 1. The molecule has 0 spiro atoms. The number of carbonyl (C=O) groups is 1. The van der Waals surface area contributed by atoms with Crippen molar-refractivity contribution in [1.29, 1.82) is 0 Å². The SMILES string of the molecule is Cc1ccc(C2=N/C(=C\c3cc(Br)c(OC(C)C)c(Br)c3)C(=O)O2)cc1[N+](=O)[O-]. The van der Waals surface area contributed by atoms with E-state index in [0.29, 0.717) is 22.4 Å². The van der Waals surface area contributed by atoms with Gasteiger partial charge in [-0.2, -0.15) is 0 Å². The van der Waals surface area contributed by atoms with Gasteiger partial charge in [-0.3, -0.25) is 10.1 Å². The second kappa shape index (κ2) is 8.46. The number of benzene rings is 2. The van der Waals surface area contributed by atoms with E-state index in [1.54, 1.807) is 37.3 Å². The topological polar surface area (TPSA) is 91.0 Å². The van der Waals surface area contributed by atoms with Crippen molar-refractivity contribution in [3.8, 4) is 5.75 Å². The second-order valence-electron chi connectivity index (χ2n) is 6.57. The lowest BCUT2D eigenvalue weighted by Crippen LogP contribution is -2.07. The molecule has 150 valence electrons. The number of halogens is 2. The summed E-state index contributed by atoms with van der Waals surface area (Å²) in [7, 11) is 0. The second-order valence-corrected chi connectivity index (χ2v) is 8.28. The van der Waals surface area contributed by atoms with Gasteiger partial charge in [0.15, 0.2) is 5.70 Å². The summed E-state index contributed by atoms with van der Waals surface area (Å²) < 4.78 is 12.4. The molecule has 0 aliphatic carbocycles. The number of nitro benzene ring substituents is 1. The van der Waals surface area contributed by atoms with Gasteiger partial charge in [-0.1, -0.05) is 6.07 Å². The fourth-order valence-electron chi connectivity index (χ4n) is 2.64. The van der Waals surface area contributed by atoms with E-state index in [9.17, 15) is 14.9 Å². The van der Waals surface area contributed by atoms with Gasteiger partial charge in [0.1, 0.15) is 5.75 Å². The number of hydrogen-bond donors (Lipinski definition) is 0. The minimum Gasteiger partial charge on any atom is -0.489 e. The quantitative estimate of drug-likeness (QED) is 0.221. The van der Waals surface area contributed by atoms with Gasteiger partial charge in [0.05, 0.1) is 20.0 Å². The molecule has 3 rings (SSSR count). The molecule has 0 amide bonds. The Morgan fingerprint density at radius 2 is 1.86 bits per heavy atom. The largest absolute Gasteiger partial charge is 0.489 e. The number of aliphatic imine (C=N–C) groups is 1. The van der Waals surface area contributed by atoms with Crippen molar-refractivity contribution in [2.75, 3.05) is 0 Å². The Bertz CT molecular complexity index is 1050. The van der Waals surface area contributed by atoms with Crippen LogP contribution in [0.2, 0.25) is 0 Å². The summed E-state index contributed by atoms with van der Waals surface area (Å²) in [6.07, 6.45) is 1.58. The van der Waals surface area contributed by atoms with Crippen LogP contribution < -0.4 is 4.74 Å². The van der Waals surface area contributed by atoms with Crippen LogP contribution in [0.3, 0.4) is 0 Å². The van der Waals surface area contributed by atoms with Crippen LogP contribution in [0, 0.1) is 17.0 Å². The van der Waals surface area contributed by atoms with Crippen LogP contribution >= 0.6 is 31.9 Å². The highest BCUT2D eigenvalue weighted by Crippen LogP contribution is 2.36. The number of cyclic esters (lactones) is 1. The van der Waals surface area contributed by atoms with Gasteiger partial charge in [-0.25, -0.2) is 9.79 Å². The number of hydrogen-bond acceptors (Lipinski definition) is 6. The molecule has 0 saturated heterocycles. The van der Waals surface area contributed by atoms with Gasteiger partial charge in [0, 0.05) is 17.2 Å². The molecule has 0 unspecified atom stereocenters. The first-order valence-electron chi connectivity index (χ1n) is 8.59. The highest BCUT2D eigenvalue weighted by molar-refractivity contribution is 9.11. The molecular formula is C20H16Br2N2O5. The summed E-state index contributed by atoms with van der Waals surface area (Å²) in [6, 6.07) is 8.16. The van der Waals surface area contributed by atoms with E-state index >= 15 is 0 Å². The summed E-state index contributed by atoms with van der Waals surface area (Å²) >= 11 is 6.94. The molecule has 9 heteroatoms. The van der Waals surface area contributed by atoms with Crippen molar-refractivity contribution in [3.05, 3.63) is 71.8 Å². The zero-order valence-electron chi connectivity index (χ0n) is 15.7. The number of nitrogens with zero attached hydrogens (tertiary/aromatic N) is 2. The Kier molecular flexibility index (Phi) is 6.18. The van der Waals surface area contributed by atoms with Crippen LogP contribution in [0.25, 0.3) is 6.08 Å². The highest BCUT2D eigenvalue weighted by Gasteiger charge is 2.26. The van der Waals surface area contributed by atoms with E-state index in [1.807, 2.05) is 13.8 Å². The van der Waals surface area contributed by atoms with Crippen molar-refractivity contribution in [3.63, 3.8) is 0 Å². The smallest absolute Gasteiger partial charge is 0.363 e. The zero-order valence-corrected chi connectivity index (χ0v) is 18.9. The average molecular weight is 524 g/mol. The summed E-state index contributed by atoms with van der Waals surface area (Å²) in [6.45, 7) is 5.49. The lowest BCUT2D eigenvalue weighted by Gasteiger charge is -2.14. The van der Waals surface area contributed by atoms with Crippen molar-refractivity contribution in [2.45, 2.75) is 26.9 Å². The Morgan fingerprint density at radius 3 is 2.45 bits per heavy atom. The van der Waals surface area contributed by atoms with Crippen LogP contribution in [-0.4, -0.2) is 22.9 Å². The van der Waals surface area contributed by atoms with Gasteiger partial charge in [0.2, 0.25) is 5.90 Å². The third-order valence-corrected chi connectivity index (χ3v) is 5.13. The Hall–Kier alpha value is -2.52. The third kappa shape index (κ3) is 4.73. The molecule has 7 nitrogen and oxygen atoms in total. The first-order chi connectivity index (χ1) is 13.7. The standard InChI is InChI=1S/C20H16Br2N2O5/c1-10(2)28-18-14(21)6-12(7-15(18)22)8-16-20(25)29-19(23-16)13-5-4-11(3)17(9-13)24(26)27/h4-10H,1-3H3/b16-8-. The summed E-state index contributed by atoms with van der Waals surface area (Å²) in [5.41, 5.74) is 1.61. The van der Waals surface area contributed by atoms with Crippen molar-refractivity contribution in [2.24, 2.45) is 4.99 Å². The number of ether oxygens (including phenoxy) is 2. The summed E-state index contributed by atoms with van der Waals surface area (Å²) in [5.74, 6) is 0.0625. The number of rotatable bonds is 5. The minimum absolute atomic E-state index is 0.00217. The molecule has 0 N–H and O–H groups in total. The highest BCUT2D eigenvalue weighted by atomic mass is 79.9. The first kappa shape index (κ1) is 21.2. The van der Waals surface area contributed by atoms with Gasteiger partial charge < -0.3 is 9.47 Å². The van der Waals surface area contributed by atoms with E-state index in [2.05, 4.69) is 36.9 Å². The molecule has 2 aromatic rings. The minimum atomic E-state index is -0.627. The molecule has 1 heterocycles. The van der Waals surface area contributed by atoms with Crippen molar-refractivity contribution in [1.82, 2.24) is 0 Å². The van der Waals surface area contributed by atoms with Gasteiger partial charge >= 0.3 is 5.97 Å². The lowest BCUT2D eigenvalue weighted by molar-refractivity contribution is -0.385. The van der Waals surface area contributed by atoms with Crippen LogP contribution in [-0.2, 0) is 9.53 Å². The summed E-state index contributed by atoms with van der Waals surface area (Å²) in [4.78, 5) is 27.1. The Morgan fingerprint density at radius 1 is 1.21 bits per heavy atom. The molecule has 29 heavy (non-hydrogen) atoms. The van der Waals surface area contributed by atoms with Crippen LogP contribution in [0.15, 0.2) is 50.0 Å². The van der Waals surface area contributed by atoms with Gasteiger partial charge in [0.25, 0.3) is 5.69 Å². The zero-order chi connectivity index (χ0) is 21.3. The van der Waals surface area contributed by atoms with E-state index < -0.39 is 10.9 Å². The third-order valence-electron chi connectivity index (χ3n) is 3.95. The maximum atomic E-state index is 12.2. The Labute approximate surface area is 183 Å². The molecule has 0 saturated carbocycles. The fraction of sp³-hybridized carbons (Fsp3) is 0.200. The maximum absolute atomic E-state index is 12.2. The van der Waals surface area contributed by atoms with E-state index in [0.717, 1.165) is 8.95 Å². The van der Waals surface area contributed by atoms with E-state index in [1.165, 1.54) is 6.07 Å². The number of aryl methyl sites for hydroxylation is 1. The molecule has 0 atom stereocenters. The van der Waals surface area contributed by atoms with Crippen molar-refractivity contribution >= 4 is 55.5 Å². The van der Waals surface area contributed by atoms with Crippen molar-refractivity contribution < 1.29 is 19.2 Å².